The molecule has 2 aliphatic rings. The van der Waals surface area contributed by atoms with Gasteiger partial charge in [0.05, 0.1) is 24.0 Å². The Kier molecular flexibility index (Phi) is 5.06. The summed E-state index contributed by atoms with van der Waals surface area (Å²) in [7, 11) is 0. The van der Waals surface area contributed by atoms with Crippen molar-refractivity contribution in [2.75, 3.05) is 29.9 Å². The van der Waals surface area contributed by atoms with Crippen molar-refractivity contribution >= 4 is 17.3 Å². The van der Waals surface area contributed by atoms with E-state index in [-0.39, 0.29) is 18.1 Å². The summed E-state index contributed by atoms with van der Waals surface area (Å²) in [6.45, 7) is 4.09. The van der Waals surface area contributed by atoms with Crippen molar-refractivity contribution < 1.29 is 9.90 Å². The van der Waals surface area contributed by atoms with Gasteiger partial charge in [-0.25, -0.2) is 0 Å². The molecule has 1 aliphatic heterocycles. The first-order valence-electron chi connectivity index (χ1n) is 8.69. The number of carbonyl (C=O) groups is 1. The number of aliphatic hydroxyl groups is 1. The normalized spacial score (nSPS) is 20.2. The highest BCUT2D eigenvalue weighted by Gasteiger charge is 2.28. The first-order valence-corrected chi connectivity index (χ1v) is 8.69. The molecule has 1 aromatic rings. The fraction of sp³-hybridized carbons (Fsp3) is 0.611. The molecule has 5 heteroatoms. The molecule has 5 nitrogen and oxygen atoms in total. The molecule has 0 radical (unpaired) electrons. The Morgan fingerprint density at radius 1 is 1.26 bits per heavy atom. The van der Waals surface area contributed by atoms with Crippen LogP contribution < -0.4 is 15.5 Å². The second kappa shape index (κ2) is 7.21. The second-order valence-corrected chi connectivity index (χ2v) is 6.78. The van der Waals surface area contributed by atoms with E-state index in [0.717, 1.165) is 37.3 Å². The van der Waals surface area contributed by atoms with E-state index in [1.54, 1.807) is 0 Å². The van der Waals surface area contributed by atoms with Crippen LogP contribution in [0, 0.1) is 5.92 Å². The summed E-state index contributed by atoms with van der Waals surface area (Å²) in [5.74, 6) is 0.722. The Bertz CT molecular complexity index is 537. The van der Waals surface area contributed by atoms with E-state index < -0.39 is 0 Å². The minimum Gasteiger partial charge on any atom is -0.393 e. The number of amides is 1. The second-order valence-electron chi connectivity index (χ2n) is 6.78. The highest BCUT2D eigenvalue weighted by atomic mass is 16.3. The molecular weight excluding hydrogens is 290 g/mol. The largest absolute Gasteiger partial charge is 0.393 e. The molecule has 2 fully saturated rings. The number of rotatable bonds is 6. The van der Waals surface area contributed by atoms with Gasteiger partial charge in [-0.15, -0.1) is 0 Å². The zero-order valence-corrected chi connectivity index (χ0v) is 13.8. The van der Waals surface area contributed by atoms with Crippen molar-refractivity contribution in [1.82, 2.24) is 5.32 Å². The molecule has 1 atom stereocenters. The van der Waals surface area contributed by atoms with Gasteiger partial charge in [0.1, 0.15) is 0 Å². The summed E-state index contributed by atoms with van der Waals surface area (Å²) < 4.78 is 0. The summed E-state index contributed by atoms with van der Waals surface area (Å²) in [4.78, 5) is 14.3. The third-order valence-electron chi connectivity index (χ3n) is 4.87. The third kappa shape index (κ3) is 4.38. The molecule has 3 N–H and O–H groups in total. The van der Waals surface area contributed by atoms with E-state index in [9.17, 15) is 9.90 Å². The van der Waals surface area contributed by atoms with Gasteiger partial charge in [0.25, 0.3) is 0 Å². The maximum absolute atomic E-state index is 12.1. The lowest BCUT2D eigenvalue weighted by Crippen LogP contribution is -2.38. The van der Waals surface area contributed by atoms with E-state index in [1.165, 1.54) is 12.8 Å². The zero-order valence-electron chi connectivity index (χ0n) is 13.8. The molecule has 1 aliphatic carbocycles. The summed E-state index contributed by atoms with van der Waals surface area (Å²) in [5.41, 5.74) is 2.10. The SMILES string of the molecule is C[C@H](NC(=O)CNc1ccccc1N1CCC(O)CC1)C1CC1. The number of nitrogens with zero attached hydrogens (tertiary/aromatic N) is 1. The fourth-order valence-electron chi connectivity index (χ4n) is 3.20. The molecule has 1 amide bonds. The van der Waals surface area contributed by atoms with Crippen LogP contribution >= 0.6 is 0 Å². The predicted octanol–water partition coefficient (Wildman–Crippen LogP) is 1.97. The lowest BCUT2D eigenvalue weighted by molar-refractivity contribution is -0.120. The topological polar surface area (TPSA) is 64.6 Å². The van der Waals surface area contributed by atoms with Crippen LogP contribution in [0.15, 0.2) is 24.3 Å². The summed E-state index contributed by atoms with van der Waals surface area (Å²) in [6, 6.07) is 8.36. The number of aliphatic hydroxyl groups excluding tert-OH is 1. The molecule has 23 heavy (non-hydrogen) atoms. The number of hydrogen-bond donors (Lipinski definition) is 3. The van der Waals surface area contributed by atoms with Gasteiger partial charge < -0.3 is 20.6 Å². The molecule has 1 aromatic carbocycles. The summed E-state index contributed by atoms with van der Waals surface area (Å²) in [6.07, 6.45) is 3.89. The molecule has 1 saturated heterocycles. The fourth-order valence-corrected chi connectivity index (χ4v) is 3.20. The highest BCUT2D eigenvalue weighted by Crippen LogP contribution is 2.32. The van der Waals surface area contributed by atoms with Crippen molar-refractivity contribution in [2.24, 2.45) is 5.92 Å². The van der Waals surface area contributed by atoms with Crippen LogP contribution in [0.1, 0.15) is 32.6 Å². The molecule has 0 bridgehead atoms. The van der Waals surface area contributed by atoms with Gasteiger partial charge in [-0.1, -0.05) is 12.1 Å². The van der Waals surface area contributed by atoms with Crippen LogP contribution in [0.3, 0.4) is 0 Å². The lowest BCUT2D eigenvalue weighted by Gasteiger charge is -2.33. The van der Waals surface area contributed by atoms with E-state index in [2.05, 4.69) is 28.5 Å². The monoisotopic (exact) mass is 317 g/mol. The minimum atomic E-state index is -0.180. The Morgan fingerprint density at radius 3 is 2.65 bits per heavy atom. The molecule has 1 heterocycles. The third-order valence-corrected chi connectivity index (χ3v) is 4.87. The lowest BCUT2D eigenvalue weighted by atomic mass is 10.1. The number of anilines is 2. The molecule has 0 spiro atoms. The quantitative estimate of drug-likeness (QED) is 0.751. The Morgan fingerprint density at radius 2 is 1.96 bits per heavy atom. The van der Waals surface area contributed by atoms with Gasteiger partial charge in [0, 0.05) is 19.1 Å². The number of carbonyl (C=O) groups excluding carboxylic acids is 1. The predicted molar refractivity (Wildman–Crippen MR) is 92.7 cm³/mol. The zero-order chi connectivity index (χ0) is 16.2. The Hall–Kier alpha value is -1.75. The number of benzene rings is 1. The molecule has 1 saturated carbocycles. The average molecular weight is 317 g/mol. The van der Waals surface area contributed by atoms with E-state index >= 15 is 0 Å². The highest BCUT2D eigenvalue weighted by molar-refractivity contribution is 5.83. The smallest absolute Gasteiger partial charge is 0.239 e. The van der Waals surface area contributed by atoms with Crippen LogP contribution in [0.2, 0.25) is 0 Å². The van der Waals surface area contributed by atoms with Gasteiger partial charge >= 0.3 is 0 Å². The number of hydrogen-bond acceptors (Lipinski definition) is 4. The van der Waals surface area contributed by atoms with Crippen molar-refractivity contribution in [3.63, 3.8) is 0 Å². The minimum absolute atomic E-state index is 0.0493. The van der Waals surface area contributed by atoms with Crippen LogP contribution in [-0.4, -0.2) is 42.8 Å². The molecule has 0 unspecified atom stereocenters. The summed E-state index contributed by atoms with van der Waals surface area (Å²) in [5, 5.41) is 16.0. The molecule has 3 rings (SSSR count). The standard InChI is InChI=1S/C18H27N3O2/c1-13(14-6-7-14)20-18(23)12-19-16-4-2-3-5-17(16)21-10-8-15(22)9-11-21/h2-5,13-15,19,22H,6-12H2,1H3,(H,20,23)/t13-/m0/s1. The van der Waals surface area contributed by atoms with Crippen molar-refractivity contribution in [3.8, 4) is 0 Å². The van der Waals surface area contributed by atoms with Gasteiger partial charge in [0.15, 0.2) is 0 Å². The van der Waals surface area contributed by atoms with Crippen LogP contribution in [-0.2, 0) is 4.79 Å². The molecule has 0 aromatic heterocycles. The molecular formula is C18H27N3O2. The first-order chi connectivity index (χ1) is 11.1. The van der Waals surface area contributed by atoms with Crippen LogP contribution in [0.5, 0.6) is 0 Å². The van der Waals surface area contributed by atoms with E-state index in [1.807, 2.05) is 18.2 Å². The maximum Gasteiger partial charge on any atom is 0.239 e. The van der Waals surface area contributed by atoms with Crippen molar-refractivity contribution in [3.05, 3.63) is 24.3 Å². The van der Waals surface area contributed by atoms with Crippen LogP contribution in [0.4, 0.5) is 11.4 Å². The van der Waals surface area contributed by atoms with E-state index in [0.29, 0.717) is 12.5 Å². The summed E-state index contributed by atoms with van der Waals surface area (Å²) >= 11 is 0. The van der Waals surface area contributed by atoms with Crippen LogP contribution in [0.25, 0.3) is 0 Å². The number of nitrogens with one attached hydrogen (secondary N) is 2. The molecule has 126 valence electrons. The number of piperidine rings is 1. The van der Waals surface area contributed by atoms with E-state index in [4.69, 9.17) is 0 Å². The first kappa shape index (κ1) is 16.1. The van der Waals surface area contributed by atoms with Crippen molar-refractivity contribution in [1.29, 1.82) is 0 Å². The Balaban J connectivity index is 1.56. The average Bonchev–Trinajstić information content (AvgIpc) is 3.39. The van der Waals surface area contributed by atoms with Gasteiger partial charge in [0.2, 0.25) is 5.91 Å². The maximum atomic E-state index is 12.1. The number of para-hydroxylation sites is 2. The van der Waals surface area contributed by atoms with Gasteiger partial charge in [-0.3, -0.25) is 4.79 Å². The van der Waals surface area contributed by atoms with Gasteiger partial charge in [-0.05, 0) is 50.7 Å². The van der Waals surface area contributed by atoms with Crippen molar-refractivity contribution in [2.45, 2.75) is 44.8 Å². The van der Waals surface area contributed by atoms with Gasteiger partial charge in [-0.2, -0.15) is 0 Å². The Labute approximate surface area is 138 Å².